The quantitative estimate of drug-likeness (QED) is 0.549. The number of carbonyl (C=O) groups is 1. The van der Waals surface area contributed by atoms with Gasteiger partial charge in [-0.2, -0.15) is 0 Å². The van der Waals surface area contributed by atoms with E-state index < -0.39 is 0 Å². The van der Waals surface area contributed by atoms with E-state index in [1.807, 2.05) is 18.2 Å². The van der Waals surface area contributed by atoms with Crippen LogP contribution in [0.5, 0.6) is 0 Å². The summed E-state index contributed by atoms with van der Waals surface area (Å²) in [5.74, 6) is -0.121. The van der Waals surface area contributed by atoms with Gasteiger partial charge in [0.25, 0.3) is 0 Å². The molecule has 0 aliphatic heterocycles. The van der Waals surface area contributed by atoms with Gasteiger partial charge in [0.1, 0.15) is 5.15 Å². The maximum Gasteiger partial charge on any atom is 0.196 e. The Morgan fingerprint density at radius 3 is 2.88 bits per heavy atom. The molecule has 0 amide bonds. The molecule has 1 aromatic carbocycles. The summed E-state index contributed by atoms with van der Waals surface area (Å²) in [6, 6.07) is 9.51. The molecule has 0 radical (unpaired) electrons. The van der Waals surface area contributed by atoms with Crippen molar-refractivity contribution in [3.63, 3.8) is 0 Å². The Kier molecular flexibility index (Phi) is 4.31. The van der Waals surface area contributed by atoms with Gasteiger partial charge in [-0.25, -0.2) is 4.98 Å². The molecule has 134 valence electrons. The van der Waals surface area contributed by atoms with Gasteiger partial charge >= 0.3 is 0 Å². The van der Waals surface area contributed by atoms with Crippen LogP contribution < -0.4 is 5.73 Å². The molecule has 1 aliphatic rings. The molecule has 0 bridgehead atoms. The highest BCUT2D eigenvalue weighted by molar-refractivity contribution is 6.33. The zero-order valence-electron chi connectivity index (χ0n) is 14.8. The first-order valence-electron chi connectivity index (χ1n) is 8.67. The molecule has 5 nitrogen and oxygen atoms in total. The Hall–Kier alpha value is -2.21. The van der Waals surface area contributed by atoms with Crippen LogP contribution in [0.3, 0.4) is 0 Å². The van der Waals surface area contributed by atoms with Crippen LogP contribution in [0.25, 0.3) is 10.9 Å². The minimum absolute atomic E-state index is 0.0227. The van der Waals surface area contributed by atoms with Gasteiger partial charge in [0.2, 0.25) is 0 Å². The summed E-state index contributed by atoms with van der Waals surface area (Å²) in [7, 11) is 4.16. The molecule has 6 heteroatoms. The van der Waals surface area contributed by atoms with E-state index in [1.54, 1.807) is 18.3 Å². The van der Waals surface area contributed by atoms with Gasteiger partial charge in [0.15, 0.2) is 5.78 Å². The summed E-state index contributed by atoms with van der Waals surface area (Å²) in [4.78, 5) is 22.5. The van der Waals surface area contributed by atoms with E-state index in [-0.39, 0.29) is 17.0 Å². The third-order valence-corrected chi connectivity index (χ3v) is 5.57. The number of aromatic amines is 1. The van der Waals surface area contributed by atoms with Crippen LogP contribution in [-0.4, -0.2) is 40.8 Å². The second-order valence-electron chi connectivity index (χ2n) is 7.11. The van der Waals surface area contributed by atoms with Gasteiger partial charge < -0.3 is 15.6 Å². The predicted molar refractivity (Wildman–Crippen MR) is 104 cm³/mol. The largest absolute Gasteiger partial charge is 0.357 e. The zero-order valence-corrected chi connectivity index (χ0v) is 15.5. The lowest BCUT2D eigenvalue weighted by Gasteiger charge is -2.31. The second kappa shape index (κ2) is 6.50. The molecule has 2 heterocycles. The highest BCUT2D eigenvalue weighted by Crippen LogP contribution is 2.35. The number of pyridine rings is 1. The van der Waals surface area contributed by atoms with Crippen molar-refractivity contribution in [2.45, 2.75) is 24.9 Å². The standard InChI is InChI=1S/C20H21ClN4O/c1-25(2)12-9-15-14-8-11(19(26)13-4-3-7-23-20(13)21)5-6-17(14)24-18(15)16(22)10-12/h3-8,12,16,24H,9-10,22H2,1-2H3. The third kappa shape index (κ3) is 2.82. The monoisotopic (exact) mass is 368 g/mol. The molecule has 1 aliphatic carbocycles. The number of ketones is 1. The number of nitrogens with two attached hydrogens (primary N) is 1. The molecule has 2 atom stereocenters. The van der Waals surface area contributed by atoms with E-state index >= 15 is 0 Å². The van der Waals surface area contributed by atoms with E-state index in [2.05, 4.69) is 29.0 Å². The number of nitrogens with one attached hydrogen (secondary N) is 1. The number of fused-ring (bicyclic) bond motifs is 3. The topological polar surface area (TPSA) is 75.0 Å². The zero-order chi connectivity index (χ0) is 18.4. The minimum atomic E-state index is -0.121. The van der Waals surface area contributed by atoms with Crippen LogP contribution in [0.2, 0.25) is 5.15 Å². The second-order valence-corrected chi connectivity index (χ2v) is 7.47. The number of hydrogen-bond donors (Lipinski definition) is 2. The van der Waals surface area contributed by atoms with E-state index in [0.717, 1.165) is 29.4 Å². The highest BCUT2D eigenvalue weighted by atomic mass is 35.5. The van der Waals surface area contributed by atoms with E-state index in [1.165, 1.54) is 5.56 Å². The average molecular weight is 369 g/mol. The first-order chi connectivity index (χ1) is 12.5. The van der Waals surface area contributed by atoms with Crippen molar-refractivity contribution in [1.82, 2.24) is 14.9 Å². The maximum absolute atomic E-state index is 12.9. The van der Waals surface area contributed by atoms with Gasteiger partial charge in [-0.1, -0.05) is 11.6 Å². The molecule has 0 spiro atoms. The molecule has 4 rings (SSSR count). The van der Waals surface area contributed by atoms with E-state index in [9.17, 15) is 4.79 Å². The minimum Gasteiger partial charge on any atom is -0.357 e. The Morgan fingerprint density at radius 1 is 1.35 bits per heavy atom. The summed E-state index contributed by atoms with van der Waals surface area (Å²) >= 11 is 6.09. The van der Waals surface area contributed by atoms with Gasteiger partial charge in [0, 0.05) is 40.4 Å². The third-order valence-electron chi connectivity index (χ3n) is 5.27. The maximum atomic E-state index is 12.9. The first kappa shape index (κ1) is 17.2. The SMILES string of the molecule is CN(C)C1Cc2c([nH]c3ccc(C(=O)c4cccnc4Cl)cc23)C(N)C1. The Bertz CT molecular complexity index is 995. The molecule has 2 aromatic heterocycles. The lowest BCUT2D eigenvalue weighted by atomic mass is 9.87. The van der Waals surface area contributed by atoms with Crippen LogP contribution in [0.4, 0.5) is 0 Å². The Labute approximate surface area is 157 Å². The lowest BCUT2D eigenvalue weighted by molar-refractivity contribution is 0.103. The van der Waals surface area contributed by atoms with Crippen molar-refractivity contribution < 1.29 is 4.79 Å². The Morgan fingerprint density at radius 2 is 2.15 bits per heavy atom. The Balaban J connectivity index is 1.80. The highest BCUT2D eigenvalue weighted by Gasteiger charge is 2.29. The van der Waals surface area contributed by atoms with Crippen LogP contribution in [0.15, 0.2) is 36.5 Å². The number of hydrogen-bond acceptors (Lipinski definition) is 4. The van der Waals surface area contributed by atoms with Crippen LogP contribution in [0.1, 0.15) is 39.6 Å². The first-order valence-corrected chi connectivity index (χ1v) is 9.05. The fraction of sp³-hybridized carbons (Fsp3) is 0.300. The summed E-state index contributed by atoms with van der Waals surface area (Å²) in [6.07, 6.45) is 3.42. The fourth-order valence-electron chi connectivity index (χ4n) is 3.78. The number of H-pyrrole nitrogens is 1. The van der Waals surface area contributed by atoms with E-state index in [0.29, 0.717) is 17.2 Å². The molecular formula is C20H21ClN4O. The molecular weight excluding hydrogens is 348 g/mol. The summed E-state index contributed by atoms with van der Waals surface area (Å²) < 4.78 is 0. The molecule has 26 heavy (non-hydrogen) atoms. The number of rotatable bonds is 3. The summed E-state index contributed by atoms with van der Waals surface area (Å²) in [5, 5.41) is 1.29. The molecule has 2 unspecified atom stereocenters. The van der Waals surface area contributed by atoms with Crippen molar-refractivity contribution in [3.05, 3.63) is 64.1 Å². The summed E-state index contributed by atoms with van der Waals surface area (Å²) in [6.45, 7) is 0. The molecule has 0 fully saturated rings. The van der Waals surface area contributed by atoms with Crippen LogP contribution in [0, 0.1) is 0 Å². The number of aromatic nitrogens is 2. The number of halogens is 1. The van der Waals surface area contributed by atoms with Crippen molar-refractivity contribution in [2.75, 3.05) is 14.1 Å². The van der Waals surface area contributed by atoms with Crippen molar-refractivity contribution in [2.24, 2.45) is 5.73 Å². The van der Waals surface area contributed by atoms with Gasteiger partial charge in [-0.05, 0) is 62.8 Å². The number of likely N-dealkylation sites (N-methyl/N-ethyl adjacent to an activating group) is 1. The molecule has 0 saturated carbocycles. The fourth-order valence-corrected chi connectivity index (χ4v) is 3.99. The molecule has 3 aromatic rings. The lowest BCUT2D eigenvalue weighted by Crippen LogP contribution is -2.37. The molecule has 0 saturated heterocycles. The van der Waals surface area contributed by atoms with Crippen LogP contribution in [-0.2, 0) is 6.42 Å². The van der Waals surface area contributed by atoms with Gasteiger partial charge in [-0.3, -0.25) is 4.79 Å². The van der Waals surface area contributed by atoms with Crippen LogP contribution >= 0.6 is 11.6 Å². The molecule has 3 N–H and O–H groups in total. The van der Waals surface area contributed by atoms with Crippen molar-refractivity contribution >= 4 is 28.3 Å². The number of benzene rings is 1. The van der Waals surface area contributed by atoms with E-state index in [4.69, 9.17) is 17.3 Å². The number of nitrogens with zero attached hydrogens (tertiary/aromatic N) is 2. The predicted octanol–water partition coefficient (Wildman–Crippen LogP) is 3.32. The average Bonchev–Trinajstić information content (AvgIpc) is 3.00. The van der Waals surface area contributed by atoms with Crippen molar-refractivity contribution in [1.29, 1.82) is 0 Å². The summed E-state index contributed by atoms with van der Waals surface area (Å²) in [5.41, 5.74) is 10.7. The van der Waals surface area contributed by atoms with Crippen molar-refractivity contribution in [3.8, 4) is 0 Å². The van der Waals surface area contributed by atoms with Gasteiger partial charge in [0.05, 0.1) is 5.56 Å². The number of carbonyl (C=O) groups excluding carboxylic acids is 1. The van der Waals surface area contributed by atoms with Gasteiger partial charge in [-0.15, -0.1) is 0 Å². The normalized spacial score (nSPS) is 19.7. The smallest absolute Gasteiger partial charge is 0.196 e.